The Balaban J connectivity index is 1.36. The Hall–Kier alpha value is -5.80. The van der Waals surface area contributed by atoms with Gasteiger partial charge in [0.1, 0.15) is 11.2 Å². The molecule has 0 bridgehead atoms. The molecule has 2 heterocycles. The molecule has 208 valence electrons. The molecule has 0 atom stereocenters. The first kappa shape index (κ1) is 25.9. The first-order valence-electron chi connectivity index (χ1n) is 14.8. The summed E-state index contributed by atoms with van der Waals surface area (Å²) in [7, 11) is 0. The van der Waals surface area contributed by atoms with Crippen LogP contribution in [0.4, 0.5) is 0 Å². The van der Waals surface area contributed by atoms with Crippen molar-refractivity contribution in [1.82, 2.24) is 9.97 Å². The smallest absolute Gasteiger partial charge is 0.160 e. The highest BCUT2D eigenvalue weighted by Gasteiger charge is 2.15. The third-order valence-electron chi connectivity index (χ3n) is 8.12. The first-order valence-corrected chi connectivity index (χ1v) is 14.8. The number of nitrogens with zero attached hydrogens (tertiary/aromatic N) is 2. The van der Waals surface area contributed by atoms with Crippen LogP contribution in [0.2, 0.25) is 0 Å². The fourth-order valence-corrected chi connectivity index (χ4v) is 5.91. The molecular formula is C41H28N2O. The van der Waals surface area contributed by atoms with Crippen LogP contribution in [-0.2, 0) is 0 Å². The minimum absolute atomic E-state index is 0.704. The molecule has 3 heteroatoms. The van der Waals surface area contributed by atoms with E-state index in [1.54, 1.807) is 0 Å². The highest BCUT2D eigenvalue weighted by atomic mass is 16.3. The quantitative estimate of drug-likeness (QED) is 0.209. The Morgan fingerprint density at radius 3 is 1.73 bits per heavy atom. The predicted octanol–water partition coefficient (Wildman–Crippen LogP) is 11.0. The molecule has 3 nitrogen and oxygen atoms in total. The Morgan fingerprint density at radius 1 is 0.386 bits per heavy atom. The third-order valence-corrected chi connectivity index (χ3v) is 8.12. The van der Waals surface area contributed by atoms with Crippen LogP contribution in [0, 0.1) is 6.92 Å². The number of benzene rings is 6. The van der Waals surface area contributed by atoms with E-state index in [1.807, 2.05) is 48.5 Å². The van der Waals surface area contributed by atoms with Gasteiger partial charge in [-0.05, 0) is 71.6 Å². The summed E-state index contributed by atoms with van der Waals surface area (Å²) in [5.41, 5.74) is 12.4. The van der Waals surface area contributed by atoms with E-state index in [0.29, 0.717) is 5.82 Å². The zero-order valence-corrected chi connectivity index (χ0v) is 24.2. The van der Waals surface area contributed by atoms with E-state index in [2.05, 4.69) is 110 Å². The van der Waals surface area contributed by atoms with Crippen molar-refractivity contribution in [3.8, 4) is 56.2 Å². The van der Waals surface area contributed by atoms with Gasteiger partial charge in [-0.3, -0.25) is 0 Å². The van der Waals surface area contributed by atoms with Crippen LogP contribution in [0.5, 0.6) is 0 Å². The zero-order chi connectivity index (χ0) is 29.5. The Morgan fingerprint density at radius 2 is 0.977 bits per heavy atom. The molecule has 0 aliphatic heterocycles. The van der Waals surface area contributed by atoms with Gasteiger partial charge in [0, 0.05) is 27.5 Å². The normalized spacial score (nSPS) is 11.3. The SMILES string of the molecule is Cc1cccc(-c2cc(-c3ccc4oc5ccccc5c4c3)cc(-c3cc(-c4ccccc4)nc(-c4ccccc4)n3)c2)c1. The van der Waals surface area contributed by atoms with Crippen molar-refractivity contribution in [2.24, 2.45) is 0 Å². The van der Waals surface area contributed by atoms with E-state index in [9.17, 15) is 0 Å². The van der Waals surface area contributed by atoms with Crippen molar-refractivity contribution in [3.63, 3.8) is 0 Å². The number of para-hydroxylation sites is 1. The Labute approximate surface area is 256 Å². The average molecular weight is 565 g/mol. The van der Waals surface area contributed by atoms with Gasteiger partial charge in [-0.15, -0.1) is 0 Å². The molecule has 0 aliphatic carbocycles. The molecule has 0 saturated carbocycles. The van der Waals surface area contributed by atoms with Crippen molar-refractivity contribution >= 4 is 21.9 Å². The third kappa shape index (κ3) is 4.85. The Bertz CT molecular complexity index is 2230. The van der Waals surface area contributed by atoms with Gasteiger partial charge in [-0.1, -0.05) is 115 Å². The number of fused-ring (bicyclic) bond motifs is 3. The number of aryl methyl sites for hydroxylation is 1. The summed E-state index contributed by atoms with van der Waals surface area (Å²) in [5, 5.41) is 2.23. The maximum atomic E-state index is 6.14. The summed E-state index contributed by atoms with van der Waals surface area (Å²) in [4.78, 5) is 10.2. The van der Waals surface area contributed by atoms with Gasteiger partial charge in [0.15, 0.2) is 5.82 Å². The van der Waals surface area contributed by atoms with Crippen molar-refractivity contribution in [1.29, 1.82) is 0 Å². The van der Waals surface area contributed by atoms with Crippen molar-refractivity contribution in [2.45, 2.75) is 6.92 Å². The minimum atomic E-state index is 0.704. The number of rotatable bonds is 5. The molecule has 0 spiro atoms. The van der Waals surface area contributed by atoms with E-state index in [1.165, 1.54) is 11.1 Å². The lowest BCUT2D eigenvalue weighted by molar-refractivity contribution is 0.669. The lowest BCUT2D eigenvalue weighted by atomic mass is 9.93. The summed E-state index contributed by atoms with van der Waals surface area (Å²) in [5.74, 6) is 0.704. The van der Waals surface area contributed by atoms with Crippen molar-refractivity contribution < 1.29 is 4.42 Å². The van der Waals surface area contributed by atoms with Gasteiger partial charge in [-0.2, -0.15) is 0 Å². The monoisotopic (exact) mass is 564 g/mol. The second-order valence-electron chi connectivity index (χ2n) is 11.2. The van der Waals surface area contributed by atoms with Gasteiger partial charge in [0.2, 0.25) is 0 Å². The van der Waals surface area contributed by atoms with E-state index in [4.69, 9.17) is 14.4 Å². The molecule has 6 aromatic carbocycles. The van der Waals surface area contributed by atoms with Gasteiger partial charge in [-0.25, -0.2) is 9.97 Å². The summed E-state index contributed by atoms with van der Waals surface area (Å²) >= 11 is 0. The second-order valence-corrected chi connectivity index (χ2v) is 11.2. The van der Waals surface area contributed by atoms with Crippen molar-refractivity contribution in [2.75, 3.05) is 0 Å². The highest BCUT2D eigenvalue weighted by Crippen LogP contribution is 2.37. The minimum Gasteiger partial charge on any atom is -0.456 e. The molecule has 0 fully saturated rings. The number of furan rings is 1. The molecule has 8 aromatic rings. The Kier molecular flexibility index (Phi) is 6.35. The van der Waals surface area contributed by atoms with Gasteiger partial charge in [0.25, 0.3) is 0 Å². The average Bonchev–Trinajstić information content (AvgIpc) is 3.47. The molecule has 0 amide bonds. The van der Waals surface area contributed by atoms with Crippen LogP contribution >= 0.6 is 0 Å². The van der Waals surface area contributed by atoms with E-state index < -0.39 is 0 Å². The molecule has 44 heavy (non-hydrogen) atoms. The summed E-state index contributed by atoms with van der Waals surface area (Å²) in [6, 6.07) is 52.7. The molecule has 2 aromatic heterocycles. The maximum absolute atomic E-state index is 6.14. The van der Waals surface area contributed by atoms with Crippen LogP contribution in [0.1, 0.15) is 5.56 Å². The first-order chi connectivity index (χ1) is 21.7. The summed E-state index contributed by atoms with van der Waals surface area (Å²) in [6.07, 6.45) is 0. The fourth-order valence-electron chi connectivity index (χ4n) is 5.91. The highest BCUT2D eigenvalue weighted by molar-refractivity contribution is 6.06. The molecule has 0 N–H and O–H groups in total. The topological polar surface area (TPSA) is 38.9 Å². The van der Waals surface area contributed by atoms with E-state index >= 15 is 0 Å². The lowest BCUT2D eigenvalue weighted by Gasteiger charge is -2.13. The molecule has 8 rings (SSSR count). The van der Waals surface area contributed by atoms with Crippen LogP contribution in [0.3, 0.4) is 0 Å². The van der Waals surface area contributed by atoms with Gasteiger partial charge in [0.05, 0.1) is 11.4 Å². The molecular weight excluding hydrogens is 536 g/mol. The summed E-state index contributed by atoms with van der Waals surface area (Å²) in [6.45, 7) is 2.13. The van der Waals surface area contributed by atoms with Crippen LogP contribution in [-0.4, -0.2) is 9.97 Å². The number of hydrogen-bond donors (Lipinski definition) is 0. The largest absolute Gasteiger partial charge is 0.456 e. The van der Waals surface area contributed by atoms with Crippen molar-refractivity contribution in [3.05, 3.63) is 157 Å². The molecule has 0 aliphatic rings. The predicted molar refractivity (Wildman–Crippen MR) is 181 cm³/mol. The number of hydrogen-bond acceptors (Lipinski definition) is 3. The maximum Gasteiger partial charge on any atom is 0.160 e. The lowest BCUT2D eigenvalue weighted by Crippen LogP contribution is -1.96. The summed E-state index contributed by atoms with van der Waals surface area (Å²) < 4.78 is 6.14. The van der Waals surface area contributed by atoms with Crippen LogP contribution < -0.4 is 0 Å². The number of aromatic nitrogens is 2. The molecule has 0 radical (unpaired) electrons. The molecule has 0 unspecified atom stereocenters. The zero-order valence-electron chi connectivity index (χ0n) is 24.2. The van der Waals surface area contributed by atoms with Gasteiger partial charge < -0.3 is 4.42 Å². The fraction of sp³-hybridized carbons (Fsp3) is 0.0244. The standard InChI is InChI=1S/C41H28N2O/c1-27-11-10-16-30(21-27)32-22-33(31-19-20-40-36(25-31)35-17-8-9-18-39(35)44-40)24-34(23-32)38-26-37(28-12-4-2-5-13-28)42-41(43-38)29-14-6-3-7-15-29/h2-26H,1H3. The van der Waals surface area contributed by atoms with Gasteiger partial charge >= 0.3 is 0 Å². The van der Waals surface area contributed by atoms with E-state index in [-0.39, 0.29) is 0 Å². The van der Waals surface area contributed by atoms with Crippen LogP contribution in [0.25, 0.3) is 78.1 Å². The van der Waals surface area contributed by atoms with Crippen LogP contribution in [0.15, 0.2) is 156 Å². The molecule has 0 saturated heterocycles. The second kappa shape index (κ2) is 10.8. The van der Waals surface area contributed by atoms with E-state index in [0.717, 1.165) is 66.7 Å².